The Morgan fingerprint density at radius 1 is 1.22 bits per heavy atom. The maximum atomic E-state index is 11.9. The SMILES string of the molecule is CCS(=O)(=O)N1CCN(C(O)c2ccc(C(C)C)cc2Cl)CC1. The van der Waals surface area contributed by atoms with Gasteiger partial charge in [0.25, 0.3) is 0 Å². The van der Waals surface area contributed by atoms with E-state index < -0.39 is 16.3 Å². The molecule has 1 aliphatic heterocycles. The number of nitrogens with zero attached hydrogens (tertiary/aromatic N) is 2. The van der Waals surface area contributed by atoms with E-state index in [1.165, 1.54) is 4.31 Å². The van der Waals surface area contributed by atoms with Gasteiger partial charge < -0.3 is 5.11 Å². The summed E-state index contributed by atoms with van der Waals surface area (Å²) in [5, 5.41) is 11.1. The van der Waals surface area contributed by atoms with Gasteiger partial charge in [-0.15, -0.1) is 0 Å². The first kappa shape index (κ1) is 18.7. The molecular formula is C16H25ClN2O3S. The van der Waals surface area contributed by atoms with E-state index in [9.17, 15) is 13.5 Å². The third-order valence-corrected chi connectivity index (χ3v) is 6.56. The van der Waals surface area contributed by atoms with Crippen molar-refractivity contribution in [2.24, 2.45) is 0 Å². The van der Waals surface area contributed by atoms with Gasteiger partial charge in [0.2, 0.25) is 10.0 Å². The normalized spacial score (nSPS) is 19.2. The van der Waals surface area contributed by atoms with E-state index in [0.717, 1.165) is 5.56 Å². The summed E-state index contributed by atoms with van der Waals surface area (Å²) < 4.78 is 25.2. The van der Waals surface area contributed by atoms with Gasteiger partial charge >= 0.3 is 0 Å². The van der Waals surface area contributed by atoms with Crippen molar-refractivity contribution < 1.29 is 13.5 Å². The summed E-state index contributed by atoms with van der Waals surface area (Å²) in [6.45, 7) is 7.60. The van der Waals surface area contributed by atoms with Crippen LogP contribution in [0.1, 0.15) is 44.0 Å². The fourth-order valence-corrected chi connectivity index (χ4v) is 4.09. The number of hydrogen-bond donors (Lipinski definition) is 1. The highest BCUT2D eigenvalue weighted by Crippen LogP contribution is 2.29. The van der Waals surface area contributed by atoms with E-state index in [0.29, 0.717) is 42.7 Å². The molecule has 0 radical (unpaired) electrons. The molecule has 0 saturated carbocycles. The van der Waals surface area contributed by atoms with Gasteiger partial charge in [-0.2, -0.15) is 4.31 Å². The zero-order valence-corrected chi connectivity index (χ0v) is 15.4. The van der Waals surface area contributed by atoms with Crippen molar-refractivity contribution in [2.45, 2.75) is 32.9 Å². The summed E-state index contributed by atoms with van der Waals surface area (Å²) in [6, 6.07) is 5.73. The minimum absolute atomic E-state index is 0.109. The molecule has 23 heavy (non-hydrogen) atoms. The van der Waals surface area contributed by atoms with Gasteiger partial charge in [-0.25, -0.2) is 8.42 Å². The standard InChI is InChI=1S/C16H25ClN2O3S/c1-4-23(21,22)19-9-7-18(8-10-19)16(20)14-6-5-13(12(2)3)11-15(14)17/h5-6,11-12,16,20H,4,7-10H2,1-3H3. The van der Waals surface area contributed by atoms with Crippen LogP contribution in [-0.4, -0.2) is 54.7 Å². The molecule has 2 rings (SSSR count). The highest BCUT2D eigenvalue weighted by atomic mass is 35.5. The molecule has 130 valence electrons. The summed E-state index contributed by atoms with van der Waals surface area (Å²) >= 11 is 6.32. The van der Waals surface area contributed by atoms with E-state index in [4.69, 9.17) is 11.6 Å². The van der Waals surface area contributed by atoms with Gasteiger partial charge in [-0.1, -0.05) is 37.6 Å². The van der Waals surface area contributed by atoms with Crippen LogP contribution in [0.5, 0.6) is 0 Å². The predicted octanol–water partition coefficient (Wildman–Crippen LogP) is 2.42. The van der Waals surface area contributed by atoms with E-state index in [1.54, 1.807) is 6.92 Å². The summed E-state index contributed by atoms with van der Waals surface area (Å²) in [7, 11) is -3.16. The van der Waals surface area contributed by atoms with Crippen LogP contribution in [0.3, 0.4) is 0 Å². The highest BCUT2D eigenvalue weighted by Gasteiger charge is 2.29. The van der Waals surface area contributed by atoms with Gasteiger partial charge in [0.05, 0.1) is 5.75 Å². The van der Waals surface area contributed by atoms with Crippen molar-refractivity contribution >= 4 is 21.6 Å². The number of aliphatic hydroxyl groups excluding tert-OH is 1. The molecule has 0 aliphatic carbocycles. The van der Waals surface area contributed by atoms with Crippen molar-refractivity contribution in [3.63, 3.8) is 0 Å². The van der Waals surface area contributed by atoms with Crippen LogP contribution in [0, 0.1) is 0 Å². The van der Waals surface area contributed by atoms with E-state index in [1.807, 2.05) is 23.1 Å². The first-order valence-electron chi connectivity index (χ1n) is 7.95. The largest absolute Gasteiger partial charge is 0.374 e. The molecule has 1 unspecified atom stereocenters. The maximum Gasteiger partial charge on any atom is 0.213 e. The Hall–Kier alpha value is -0.660. The molecule has 1 N–H and O–H groups in total. The molecule has 0 aromatic heterocycles. The lowest BCUT2D eigenvalue weighted by Gasteiger charge is -2.36. The summed E-state index contributed by atoms with van der Waals surface area (Å²) in [6.07, 6.45) is -0.810. The van der Waals surface area contributed by atoms with Gasteiger partial charge in [0.1, 0.15) is 6.23 Å². The fourth-order valence-electron chi connectivity index (χ4n) is 2.72. The summed E-state index contributed by atoms with van der Waals surface area (Å²) in [5.41, 5.74) is 1.80. The van der Waals surface area contributed by atoms with Crippen molar-refractivity contribution in [3.8, 4) is 0 Å². The van der Waals surface area contributed by atoms with Crippen molar-refractivity contribution in [1.29, 1.82) is 0 Å². The minimum atomic E-state index is -3.16. The Bertz CT molecular complexity index is 641. The Labute approximate surface area is 143 Å². The average Bonchev–Trinajstić information content (AvgIpc) is 2.54. The molecule has 1 aliphatic rings. The van der Waals surface area contributed by atoms with Crippen molar-refractivity contribution in [3.05, 3.63) is 34.3 Å². The lowest BCUT2D eigenvalue weighted by Crippen LogP contribution is -2.50. The number of benzene rings is 1. The number of aliphatic hydroxyl groups is 1. The zero-order valence-electron chi connectivity index (χ0n) is 13.9. The number of halogens is 1. The zero-order chi connectivity index (χ0) is 17.2. The Morgan fingerprint density at radius 2 is 1.83 bits per heavy atom. The number of sulfonamides is 1. The van der Waals surface area contributed by atoms with Gasteiger partial charge in [0, 0.05) is 36.8 Å². The molecule has 0 bridgehead atoms. The van der Waals surface area contributed by atoms with Crippen LogP contribution in [0.15, 0.2) is 18.2 Å². The molecule has 1 aromatic carbocycles. The van der Waals surface area contributed by atoms with Crippen LogP contribution >= 0.6 is 11.6 Å². The third kappa shape index (κ3) is 4.25. The molecule has 1 fully saturated rings. The second-order valence-electron chi connectivity index (χ2n) is 6.14. The van der Waals surface area contributed by atoms with E-state index >= 15 is 0 Å². The molecule has 5 nitrogen and oxygen atoms in total. The predicted molar refractivity (Wildman–Crippen MR) is 93.1 cm³/mol. The van der Waals surface area contributed by atoms with Crippen LogP contribution in [0.25, 0.3) is 0 Å². The fraction of sp³-hybridized carbons (Fsp3) is 0.625. The van der Waals surface area contributed by atoms with E-state index in [2.05, 4.69) is 13.8 Å². The average molecular weight is 361 g/mol. The van der Waals surface area contributed by atoms with Gasteiger partial charge in [0.15, 0.2) is 0 Å². The Kier molecular flexibility index (Phi) is 6.08. The van der Waals surface area contributed by atoms with Gasteiger partial charge in [-0.05, 0) is 24.5 Å². The summed E-state index contributed by atoms with van der Waals surface area (Å²) in [5.74, 6) is 0.486. The molecule has 1 atom stereocenters. The second kappa shape index (κ2) is 7.49. The molecular weight excluding hydrogens is 336 g/mol. The topological polar surface area (TPSA) is 60.9 Å². The second-order valence-corrected chi connectivity index (χ2v) is 8.81. The molecule has 1 saturated heterocycles. The third-order valence-electron chi connectivity index (χ3n) is 4.35. The molecule has 1 heterocycles. The molecule has 0 spiro atoms. The van der Waals surface area contributed by atoms with Crippen LogP contribution in [-0.2, 0) is 10.0 Å². The first-order chi connectivity index (χ1) is 10.8. The summed E-state index contributed by atoms with van der Waals surface area (Å²) in [4.78, 5) is 1.86. The van der Waals surface area contributed by atoms with E-state index in [-0.39, 0.29) is 5.75 Å². The Balaban J connectivity index is 2.07. The Morgan fingerprint density at radius 3 is 2.30 bits per heavy atom. The smallest absolute Gasteiger partial charge is 0.213 e. The lowest BCUT2D eigenvalue weighted by molar-refractivity contribution is -0.0159. The van der Waals surface area contributed by atoms with Crippen molar-refractivity contribution in [1.82, 2.24) is 9.21 Å². The lowest BCUT2D eigenvalue weighted by atomic mass is 10.0. The van der Waals surface area contributed by atoms with Crippen LogP contribution in [0.2, 0.25) is 5.02 Å². The molecule has 0 amide bonds. The molecule has 7 heteroatoms. The highest BCUT2D eigenvalue weighted by molar-refractivity contribution is 7.89. The van der Waals surface area contributed by atoms with Crippen LogP contribution in [0.4, 0.5) is 0 Å². The number of piperazine rings is 1. The van der Waals surface area contributed by atoms with Gasteiger partial charge in [-0.3, -0.25) is 4.90 Å². The quantitative estimate of drug-likeness (QED) is 0.876. The number of hydrogen-bond acceptors (Lipinski definition) is 4. The van der Waals surface area contributed by atoms with Crippen LogP contribution < -0.4 is 0 Å². The number of rotatable bonds is 5. The monoisotopic (exact) mass is 360 g/mol. The molecule has 1 aromatic rings. The first-order valence-corrected chi connectivity index (χ1v) is 9.94. The minimum Gasteiger partial charge on any atom is -0.374 e. The van der Waals surface area contributed by atoms with Crippen molar-refractivity contribution in [2.75, 3.05) is 31.9 Å². The maximum absolute atomic E-state index is 11.9.